The van der Waals surface area contributed by atoms with E-state index in [9.17, 15) is 21.9 Å². The van der Waals surface area contributed by atoms with Crippen molar-refractivity contribution in [2.24, 2.45) is 7.05 Å². The van der Waals surface area contributed by atoms with Crippen molar-refractivity contribution < 1.29 is 51.5 Å². The maximum atomic E-state index is 12.2. The molecule has 14 heavy (non-hydrogen) atoms. The van der Waals surface area contributed by atoms with E-state index in [0.29, 0.717) is 10.9 Å². The fraction of sp³-hybridized carbons (Fsp3) is 0.400. The summed E-state index contributed by atoms with van der Waals surface area (Å²) in [6.07, 6.45) is -4.05. The molecule has 0 saturated heterocycles. The third-order valence-electron chi connectivity index (χ3n) is 1.35. The Bertz CT molecular complexity index is 351. The molecule has 0 fully saturated rings. The number of nitrogens with zero attached hydrogens (tertiary/aromatic N) is 2. The van der Waals surface area contributed by atoms with Crippen molar-refractivity contribution in [3.63, 3.8) is 0 Å². The summed E-state index contributed by atoms with van der Waals surface area (Å²) in [5, 5.41) is 3.21. The maximum absolute atomic E-state index is 12.2. The van der Waals surface area contributed by atoms with Crippen LogP contribution >= 0.6 is 0 Å². The van der Waals surface area contributed by atoms with Crippen LogP contribution in [0.1, 0.15) is 5.69 Å². The first kappa shape index (κ1) is 14.1. The summed E-state index contributed by atoms with van der Waals surface area (Å²) in [6.45, 7) is 0. The van der Waals surface area contributed by atoms with Crippen LogP contribution < -0.4 is 29.6 Å². The molecule has 0 radical (unpaired) electrons. The Kier molecular flexibility index (Phi) is 4.79. The van der Waals surface area contributed by atoms with Crippen LogP contribution in [0.3, 0.4) is 0 Å². The summed E-state index contributed by atoms with van der Waals surface area (Å²) < 4.78 is 57.6. The predicted molar refractivity (Wildman–Crippen MR) is 35.4 cm³/mol. The maximum Gasteiger partial charge on any atom is 1.00 e. The van der Waals surface area contributed by atoms with Crippen molar-refractivity contribution in [2.45, 2.75) is 11.1 Å². The number of alkyl halides is 3. The molecule has 4 nitrogen and oxygen atoms in total. The van der Waals surface area contributed by atoms with E-state index in [1.54, 1.807) is 0 Å². The van der Waals surface area contributed by atoms with Crippen molar-refractivity contribution in [2.75, 3.05) is 0 Å². The number of halogens is 3. The summed E-state index contributed by atoms with van der Waals surface area (Å²) in [5.41, 5.74) is -1.26. The second-order valence-corrected chi connectivity index (χ2v) is 3.12. The SMILES string of the molecule is Cn1ncc(S(=O)[O-])c1C(F)(F)F.[Na+]. The smallest absolute Gasteiger partial charge is 0.768 e. The van der Waals surface area contributed by atoms with Gasteiger partial charge < -0.3 is 4.55 Å². The fourth-order valence-corrected chi connectivity index (χ4v) is 1.40. The quantitative estimate of drug-likeness (QED) is 0.406. The normalized spacial score (nSPS) is 13.5. The molecule has 0 N–H and O–H groups in total. The van der Waals surface area contributed by atoms with Gasteiger partial charge in [0.05, 0.1) is 11.1 Å². The first-order valence-electron chi connectivity index (χ1n) is 3.02. The van der Waals surface area contributed by atoms with Gasteiger partial charge in [-0.2, -0.15) is 18.3 Å². The first-order chi connectivity index (χ1) is 5.84. The van der Waals surface area contributed by atoms with Gasteiger partial charge in [0.1, 0.15) is 0 Å². The van der Waals surface area contributed by atoms with E-state index in [0.717, 1.165) is 7.05 Å². The van der Waals surface area contributed by atoms with Gasteiger partial charge in [-0.15, -0.1) is 0 Å². The van der Waals surface area contributed by atoms with Crippen LogP contribution in [0.5, 0.6) is 0 Å². The van der Waals surface area contributed by atoms with Crippen molar-refractivity contribution in [1.29, 1.82) is 0 Å². The molecule has 1 atom stereocenters. The Balaban J connectivity index is 0.00000169. The van der Waals surface area contributed by atoms with E-state index >= 15 is 0 Å². The molecule has 1 aromatic rings. The van der Waals surface area contributed by atoms with Crippen LogP contribution in [0.25, 0.3) is 0 Å². The average molecular weight is 236 g/mol. The van der Waals surface area contributed by atoms with E-state index in [4.69, 9.17) is 0 Å². The minimum absolute atomic E-state index is 0. The third-order valence-corrected chi connectivity index (χ3v) is 2.01. The van der Waals surface area contributed by atoms with Crippen LogP contribution in [0.4, 0.5) is 13.2 Å². The molecule has 1 aromatic heterocycles. The van der Waals surface area contributed by atoms with Gasteiger partial charge in [0.15, 0.2) is 5.69 Å². The number of aromatic nitrogens is 2. The molecule has 74 valence electrons. The number of hydrogen-bond donors (Lipinski definition) is 0. The van der Waals surface area contributed by atoms with Gasteiger partial charge in [0.2, 0.25) is 0 Å². The van der Waals surface area contributed by atoms with E-state index in [1.165, 1.54) is 0 Å². The van der Waals surface area contributed by atoms with Gasteiger partial charge in [-0.1, -0.05) is 0 Å². The molecule has 0 saturated carbocycles. The monoisotopic (exact) mass is 236 g/mol. The molecule has 0 amide bonds. The molecule has 1 rings (SSSR count). The third kappa shape index (κ3) is 2.80. The zero-order chi connectivity index (χ0) is 10.2. The van der Waals surface area contributed by atoms with Crippen LogP contribution in [0.2, 0.25) is 0 Å². The Labute approximate surface area is 102 Å². The van der Waals surface area contributed by atoms with Crippen LogP contribution in [-0.2, 0) is 24.3 Å². The van der Waals surface area contributed by atoms with Crippen molar-refractivity contribution >= 4 is 11.1 Å². The van der Waals surface area contributed by atoms with E-state index < -0.39 is 27.8 Å². The minimum atomic E-state index is -4.71. The Morgan fingerprint density at radius 3 is 2.36 bits per heavy atom. The second-order valence-electron chi connectivity index (χ2n) is 2.21. The summed E-state index contributed by atoms with van der Waals surface area (Å²) in [6, 6.07) is 0. The summed E-state index contributed by atoms with van der Waals surface area (Å²) >= 11 is -2.92. The molecular weight excluding hydrogens is 232 g/mol. The molecule has 0 bridgehead atoms. The molecule has 0 spiro atoms. The molecule has 9 heteroatoms. The van der Waals surface area contributed by atoms with E-state index in [1.807, 2.05) is 0 Å². The van der Waals surface area contributed by atoms with Gasteiger partial charge in [-0.05, 0) is 11.1 Å². The Morgan fingerprint density at radius 2 is 2.07 bits per heavy atom. The van der Waals surface area contributed by atoms with Crippen molar-refractivity contribution in [3.8, 4) is 0 Å². The number of hydrogen-bond acceptors (Lipinski definition) is 3. The van der Waals surface area contributed by atoms with E-state index in [-0.39, 0.29) is 29.6 Å². The van der Waals surface area contributed by atoms with Gasteiger partial charge >= 0.3 is 35.7 Å². The zero-order valence-electron chi connectivity index (χ0n) is 7.33. The first-order valence-corrected chi connectivity index (χ1v) is 4.10. The van der Waals surface area contributed by atoms with Gasteiger partial charge in [0, 0.05) is 7.05 Å². The number of aryl methyl sites for hydroxylation is 1. The predicted octanol–water partition coefficient (Wildman–Crippen LogP) is -2.32. The van der Waals surface area contributed by atoms with Crippen LogP contribution in [-0.4, -0.2) is 18.5 Å². The Morgan fingerprint density at radius 1 is 1.57 bits per heavy atom. The molecular formula is C5H4F3N2NaO2S. The molecule has 0 aliphatic rings. The topological polar surface area (TPSA) is 58.0 Å². The molecule has 1 heterocycles. The molecule has 0 aliphatic heterocycles. The summed E-state index contributed by atoms with van der Waals surface area (Å²) in [4.78, 5) is -0.838. The van der Waals surface area contributed by atoms with E-state index in [2.05, 4.69) is 5.10 Å². The summed E-state index contributed by atoms with van der Waals surface area (Å²) in [7, 11) is 1.03. The van der Waals surface area contributed by atoms with Gasteiger partial charge in [-0.25, -0.2) is 0 Å². The molecule has 0 aromatic carbocycles. The van der Waals surface area contributed by atoms with Crippen molar-refractivity contribution in [3.05, 3.63) is 11.9 Å². The zero-order valence-corrected chi connectivity index (χ0v) is 10.1. The van der Waals surface area contributed by atoms with Crippen LogP contribution in [0, 0.1) is 0 Å². The minimum Gasteiger partial charge on any atom is -0.768 e. The second kappa shape index (κ2) is 4.75. The summed E-state index contributed by atoms with van der Waals surface area (Å²) in [5.74, 6) is 0. The Hall–Kier alpha value is 0.110. The average Bonchev–Trinajstić information content (AvgIpc) is 2.28. The van der Waals surface area contributed by atoms with Crippen molar-refractivity contribution in [1.82, 2.24) is 9.78 Å². The fourth-order valence-electron chi connectivity index (χ4n) is 0.863. The van der Waals surface area contributed by atoms with Gasteiger partial charge in [-0.3, -0.25) is 8.89 Å². The van der Waals surface area contributed by atoms with Gasteiger partial charge in [0.25, 0.3) is 0 Å². The molecule has 0 aliphatic carbocycles. The number of rotatable bonds is 1. The van der Waals surface area contributed by atoms with Crippen LogP contribution in [0.15, 0.2) is 11.1 Å². The molecule has 1 unspecified atom stereocenters. The standard InChI is InChI=1S/C5H5F3N2O2S.Na/c1-10-4(5(6,7)8)3(2-9-10)13(11)12;/h2H,1H3,(H,11,12);/q;+1/p-1. The largest absolute Gasteiger partial charge is 1.00 e.